The first kappa shape index (κ1) is 12.5. The Kier molecular flexibility index (Phi) is 3.78. The van der Waals surface area contributed by atoms with Gasteiger partial charge in [0.15, 0.2) is 10.6 Å². The van der Waals surface area contributed by atoms with Crippen LogP contribution in [0, 0.1) is 8.34 Å². The van der Waals surface area contributed by atoms with Crippen molar-refractivity contribution in [2.24, 2.45) is 0 Å². The lowest BCUT2D eigenvalue weighted by Gasteiger charge is -2.11. The van der Waals surface area contributed by atoms with Gasteiger partial charge in [0, 0.05) is 9.13 Å². The molecule has 0 aliphatic carbocycles. The van der Waals surface area contributed by atoms with E-state index in [0.717, 1.165) is 11.4 Å². The largest absolute Gasteiger partial charge is 0.293 e. The number of hydrogen-bond donors (Lipinski definition) is 1. The van der Waals surface area contributed by atoms with Gasteiger partial charge >= 0.3 is 0 Å². The summed E-state index contributed by atoms with van der Waals surface area (Å²) in [6.45, 7) is 5.84. The maximum Gasteiger partial charge on any atom is 0.195 e. The Bertz CT molecular complexity index is 600. The van der Waals surface area contributed by atoms with Crippen molar-refractivity contribution < 1.29 is 0 Å². The molecule has 1 unspecified atom stereocenters. The summed E-state index contributed by atoms with van der Waals surface area (Å²) in [6.07, 6.45) is 1.85. The van der Waals surface area contributed by atoms with Crippen molar-refractivity contribution in [1.29, 1.82) is 0 Å². The molecular formula is C12H12IN3S. The first-order valence-corrected chi connectivity index (χ1v) is 6.67. The fourth-order valence-electron chi connectivity index (χ4n) is 1.62. The molecule has 1 aromatic carbocycles. The number of benzene rings is 1. The third-order valence-electron chi connectivity index (χ3n) is 2.54. The molecular weight excluding hydrogens is 345 g/mol. The number of nitrogens with zero attached hydrogens (tertiary/aromatic N) is 2. The van der Waals surface area contributed by atoms with E-state index in [1.54, 1.807) is 0 Å². The third kappa shape index (κ3) is 2.50. The van der Waals surface area contributed by atoms with E-state index in [2.05, 4.69) is 45.4 Å². The lowest BCUT2D eigenvalue weighted by Crippen LogP contribution is -2.04. The van der Waals surface area contributed by atoms with Gasteiger partial charge in [-0.2, -0.15) is 5.10 Å². The summed E-state index contributed by atoms with van der Waals surface area (Å²) in [5.74, 6) is 0.848. The zero-order valence-corrected chi connectivity index (χ0v) is 12.3. The van der Waals surface area contributed by atoms with E-state index in [1.165, 1.54) is 3.57 Å². The Labute approximate surface area is 119 Å². The smallest absolute Gasteiger partial charge is 0.195 e. The molecule has 0 radical (unpaired) electrons. The molecule has 1 atom stereocenters. The molecule has 5 heteroatoms. The number of allylic oxidation sites excluding steroid dienone is 1. The van der Waals surface area contributed by atoms with Crippen molar-refractivity contribution in [2.45, 2.75) is 13.0 Å². The van der Waals surface area contributed by atoms with Crippen LogP contribution in [-0.4, -0.2) is 14.8 Å². The number of hydrogen-bond acceptors (Lipinski definition) is 2. The Morgan fingerprint density at radius 2 is 2.35 bits per heavy atom. The SMILES string of the molecule is C=CC(C)n1c(-c2cccc(I)c2)n[nH]c1=S. The molecule has 1 N–H and O–H groups in total. The van der Waals surface area contributed by atoms with E-state index < -0.39 is 0 Å². The molecule has 2 aromatic rings. The van der Waals surface area contributed by atoms with Crippen molar-refractivity contribution in [3.63, 3.8) is 0 Å². The molecule has 17 heavy (non-hydrogen) atoms. The van der Waals surface area contributed by atoms with Crippen LogP contribution in [0.5, 0.6) is 0 Å². The summed E-state index contributed by atoms with van der Waals surface area (Å²) in [5.41, 5.74) is 1.05. The normalized spacial score (nSPS) is 12.4. The molecule has 0 bridgehead atoms. The molecule has 1 heterocycles. The van der Waals surface area contributed by atoms with E-state index in [4.69, 9.17) is 12.2 Å². The van der Waals surface area contributed by atoms with Crippen molar-refractivity contribution in [3.05, 3.63) is 45.3 Å². The number of nitrogens with one attached hydrogen (secondary N) is 1. The summed E-state index contributed by atoms with van der Waals surface area (Å²) in [7, 11) is 0. The maximum absolute atomic E-state index is 5.24. The molecule has 0 saturated heterocycles. The van der Waals surface area contributed by atoms with E-state index in [0.29, 0.717) is 4.77 Å². The highest BCUT2D eigenvalue weighted by atomic mass is 127. The lowest BCUT2D eigenvalue weighted by atomic mass is 10.2. The second-order valence-electron chi connectivity index (χ2n) is 3.71. The van der Waals surface area contributed by atoms with Gasteiger partial charge in [-0.25, -0.2) is 0 Å². The fourth-order valence-corrected chi connectivity index (χ4v) is 2.46. The zero-order chi connectivity index (χ0) is 12.4. The number of H-pyrrole nitrogens is 1. The molecule has 0 amide bonds. The van der Waals surface area contributed by atoms with Crippen molar-refractivity contribution in [1.82, 2.24) is 14.8 Å². The second-order valence-corrected chi connectivity index (χ2v) is 5.34. The van der Waals surface area contributed by atoms with E-state index in [1.807, 2.05) is 35.8 Å². The number of halogens is 1. The van der Waals surface area contributed by atoms with E-state index >= 15 is 0 Å². The van der Waals surface area contributed by atoms with Gasteiger partial charge < -0.3 is 0 Å². The zero-order valence-electron chi connectivity index (χ0n) is 9.35. The fraction of sp³-hybridized carbons (Fsp3) is 0.167. The van der Waals surface area contributed by atoms with Gasteiger partial charge in [0.2, 0.25) is 0 Å². The Morgan fingerprint density at radius 1 is 1.59 bits per heavy atom. The average Bonchev–Trinajstić information content (AvgIpc) is 2.70. The molecule has 0 aliphatic heterocycles. The summed E-state index contributed by atoms with van der Waals surface area (Å²) in [4.78, 5) is 0. The predicted octanol–water partition coefficient (Wildman–Crippen LogP) is 3.96. The molecule has 1 aromatic heterocycles. The number of aromatic amines is 1. The first-order valence-electron chi connectivity index (χ1n) is 5.19. The number of rotatable bonds is 3. The molecule has 88 valence electrons. The van der Waals surface area contributed by atoms with Gasteiger partial charge in [-0.3, -0.25) is 9.67 Å². The summed E-state index contributed by atoms with van der Waals surface area (Å²) < 4.78 is 3.76. The second kappa shape index (κ2) is 5.14. The van der Waals surface area contributed by atoms with Crippen LogP contribution in [-0.2, 0) is 0 Å². The molecule has 2 rings (SSSR count). The van der Waals surface area contributed by atoms with Crippen LogP contribution in [0.2, 0.25) is 0 Å². The first-order chi connectivity index (χ1) is 8.13. The van der Waals surface area contributed by atoms with Gasteiger partial charge in [-0.15, -0.1) is 6.58 Å². The highest BCUT2D eigenvalue weighted by Gasteiger charge is 2.12. The summed E-state index contributed by atoms with van der Waals surface area (Å²) >= 11 is 7.53. The predicted molar refractivity (Wildman–Crippen MR) is 80.5 cm³/mol. The minimum atomic E-state index is 0.120. The van der Waals surface area contributed by atoms with Crippen molar-refractivity contribution in [3.8, 4) is 11.4 Å². The Hall–Kier alpha value is -0.950. The van der Waals surface area contributed by atoms with Crippen LogP contribution in [0.4, 0.5) is 0 Å². The van der Waals surface area contributed by atoms with Gasteiger partial charge in [-0.05, 0) is 53.9 Å². The van der Waals surface area contributed by atoms with Crippen molar-refractivity contribution in [2.75, 3.05) is 0 Å². The lowest BCUT2D eigenvalue weighted by molar-refractivity contribution is 0.657. The van der Waals surface area contributed by atoms with Gasteiger partial charge in [0.05, 0.1) is 6.04 Å². The van der Waals surface area contributed by atoms with Crippen LogP contribution in [0.1, 0.15) is 13.0 Å². The van der Waals surface area contributed by atoms with Gasteiger partial charge in [-0.1, -0.05) is 18.2 Å². The minimum absolute atomic E-state index is 0.120. The molecule has 0 aliphatic rings. The summed E-state index contributed by atoms with van der Waals surface area (Å²) in [6, 6.07) is 8.29. The molecule has 3 nitrogen and oxygen atoms in total. The molecule has 0 fully saturated rings. The average molecular weight is 357 g/mol. The van der Waals surface area contributed by atoms with E-state index in [9.17, 15) is 0 Å². The highest BCUT2D eigenvalue weighted by molar-refractivity contribution is 14.1. The van der Waals surface area contributed by atoms with Gasteiger partial charge in [0.1, 0.15) is 0 Å². The maximum atomic E-state index is 5.24. The van der Waals surface area contributed by atoms with Crippen LogP contribution < -0.4 is 0 Å². The van der Waals surface area contributed by atoms with E-state index in [-0.39, 0.29) is 6.04 Å². The van der Waals surface area contributed by atoms with Crippen LogP contribution in [0.3, 0.4) is 0 Å². The summed E-state index contributed by atoms with van der Waals surface area (Å²) in [5, 5.41) is 7.13. The van der Waals surface area contributed by atoms with Crippen LogP contribution in [0.15, 0.2) is 36.9 Å². The van der Waals surface area contributed by atoms with Crippen molar-refractivity contribution >= 4 is 34.8 Å². The Balaban J connectivity index is 2.60. The minimum Gasteiger partial charge on any atom is -0.293 e. The highest BCUT2D eigenvalue weighted by Crippen LogP contribution is 2.22. The quantitative estimate of drug-likeness (QED) is 0.513. The number of aromatic nitrogens is 3. The molecule has 0 spiro atoms. The standard InChI is InChI=1S/C12H12IN3S/c1-3-8(2)16-11(14-15-12(16)17)9-5-4-6-10(13)7-9/h3-8H,1H2,2H3,(H,15,17). The third-order valence-corrected chi connectivity index (χ3v) is 3.49. The monoisotopic (exact) mass is 357 g/mol. The molecule has 0 saturated carbocycles. The Morgan fingerprint density at radius 3 is 3.00 bits per heavy atom. The van der Waals surface area contributed by atoms with Crippen LogP contribution in [0.25, 0.3) is 11.4 Å². The van der Waals surface area contributed by atoms with Gasteiger partial charge in [0.25, 0.3) is 0 Å². The topological polar surface area (TPSA) is 33.6 Å². The van der Waals surface area contributed by atoms with Crippen LogP contribution >= 0.6 is 34.8 Å².